The van der Waals surface area contributed by atoms with Gasteiger partial charge in [-0.2, -0.15) is 0 Å². The van der Waals surface area contributed by atoms with Crippen molar-refractivity contribution < 1.29 is 0 Å². The van der Waals surface area contributed by atoms with E-state index in [0.717, 1.165) is 5.92 Å². The number of hydrogen-bond acceptors (Lipinski definition) is 1. The van der Waals surface area contributed by atoms with E-state index in [9.17, 15) is 0 Å². The Hall–Kier alpha value is -0.820. The summed E-state index contributed by atoms with van der Waals surface area (Å²) in [6.45, 7) is 2.45. The second-order valence-electron chi connectivity index (χ2n) is 5.77. The van der Waals surface area contributed by atoms with Gasteiger partial charge < -0.3 is 5.32 Å². The van der Waals surface area contributed by atoms with Crippen LogP contribution >= 0.6 is 0 Å². The summed E-state index contributed by atoms with van der Waals surface area (Å²) in [7, 11) is 0. The molecule has 1 aromatic rings. The zero-order valence-electron chi connectivity index (χ0n) is 10.6. The monoisotopic (exact) mass is 229 g/mol. The van der Waals surface area contributed by atoms with Gasteiger partial charge in [-0.25, -0.2) is 0 Å². The van der Waals surface area contributed by atoms with Gasteiger partial charge in [-0.15, -0.1) is 0 Å². The molecule has 0 amide bonds. The molecule has 2 fully saturated rings. The molecule has 1 N–H and O–H groups in total. The fourth-order valence-corrected chi connectivity index (χ4v) is 4.03. The molecule has 0 spiro atoms. The number of piperidine rings is 1. The number of rotatable bonds is 2. The predicted octanol–water partition coefficient (Wildman–Crippen LogP) is 3.50. The summed E-state index contributed by atoms with van der Waals surface area (Å²) in [5.74, 6) is 0.862. The molecular formula is C16H23N. The van der Waals surface area contributed by atoms with Crippen molar-refractivity contribution >= 4 is 0 Å². The van der Waals surface area contributed by atoms with Gasteiger partial charge in [0.2, 0.25) is 0 Å². The maximum atomic E-state index is 3.61. The van der Waals surface area contributed by atoms with Gasteiger partial charge in [-0.1, -0.05) is 43.2 Å². The third-order valence-corrected chi connectivity index (χ3v) is 4.92. The molecule has 1 saturated carbocycles. The van der Waals surface area contributed by atoms with E-state index >= 15 is 0 Å². The highest BCUT2D eigenvalue weighted by Crippen LogP contribution is 2.48. The van der Waals surface area contributed by atoms with E-state index in [0.29, 0.717) is 5.41 Å². The average Bonchev–Trinajstić information content (AvgIpc) is 2.91. The molecule has 17 heavy (non-hydrogen) atoms. The van der Waals surface area contributed by atoms with E-state index < -0.39 is 0 Å². The van der Waals surface area contributed by atoms with Crippen molar-refractivity contribution in [1.82, 2.24) is 5.32 Å². The van der Waals surface area contributed by atoms with Crippen molar-refractivity contribution in [2.45, 2.75) is 43.9 Å². The molecule has 3 rings (SSSR count). The summed E-state index contributed by atoms with van der Waals surface area (Å²) >= 11 is 0. The highest BCUT2D eigenvalue weighted by molar-refractivity contribution is 5.28. The maximum absolute atomic E-state index is 3.61. The van der Waals surface area contributed by atoms with Crippen molar-refractivity contribution in [2.24, 2.45) is 5.92 Å². The Morgan fingerprint density at radius 1 is 1.00 bits per heavy atom. The SMILES string of the molecule is c1ccc(C2(C3CCCNC3)CCCC2)cc1. The fraction of sp³-hybridized carbons (Fsp3) is 0.625. The van der Waals surface area contributed by atoms with Crippen LogP contribution in [0.15, 0.2) is 30.3 Å². The van der Waals surface area contributed by atoms with Crippen molar-refractivity contribution in [3.8, 4) is 0 Å². The van der Waals surface area contributed by atoms with Gasteiger partial charge in [-0.3, -0.25) is 0 Å². The molecule has 1 nitrogen and oxygen atoms in total. The van der Waals surface area contributed by atoms with E-state index in [-0.39, 0.29) is 0 Å². The minimum atomic E-state index is 0.495. The van der Waals surface area contributed by atoms with E-state index in [4.69, 9.17) is 0 Å². The third-order valence-electron chi connectivity index (χ3n) is 4.92. The number of nitrogens with one attached hydrogen (secondary N) is 1. The molecule has 0 bridgehead atoms. The first kappa shape index (κ1) is 11.3. The van der Waals surface area contributed by atoms with E-state index in [1.807, 2.05) is 0 Å². The molecule has 0 aromatic heterocycles. The van der Waals surface area contributed by atoms with Gasteiger partial charge in [-0.05, 0) is 55.7 Å². The topological polar surface area (TPSA) is 12.0 Å². The molecule has 92 valence electrons. The molecule has 1 heterocycles. The first-order valence-corrected chi connectivity index (χ1v) is 7.18. The van der Waals surface area contributed by atoms with Crippen LogP contribution < -0.4 is 5.32 Å². The molecule has 1 aliphatic heterocycles. The summed E-state index contributed by atoms with van der Waals surface area (Å²) in [6.07, 6.45) is 8.44. The Bertz CT molecular complexity index is 345. The first-order chi connectivity index (χ1) is 8.42. The summed E-state index contributed by atoms with van der Waals surface area (Å²) in [6, 6.07) is 11.3. The lowest BCUT2D eigenvalue weighted by molar-refractivity contribution is 0.219. The molecular weight excluding hydrogens is 206 g/mol. The number of benzene rings is 1. The van der Waals surface area contributed by atoms with E-state index in [1.165, 1.54) is 51.6 Å². The highest BCUT2D eigenvalue weighted by Gasteiger charge is 2.42. The predicted molar refractivity (Wildman–Crippen MR) is 72.2 cm³/mol. The molecule has 1 atom stereocenters. The van der Waals surface area contributed by atoms with E-state index in [1.54, 1.807) is 5.56 Å². The zero-order valence-corrected chi connectivity index (χ0v) is 10.6. The first-order valence-electron chi connectivity index (χ1n) is 7.18. The van der Waals surface area contributed by atoms with Crippen LogP contribution in [0, 0.1) is 5.92 Å². The van der Waals surface area contributed by atoms with Crippen LogP contribution in [-0.2, 0) is 5.41 Å². The lowest BCUT2D eigenvalue weighted by Crippen LogP contribution is -2.42. The minimum Gasteiger partial charge on any atom is -0.316 e. The molecule has 2 aliphatic rings. The Morgan fingerprint density at radius 3 is 2.41 bits per heavy atom. The van der Waals surface area contributed by atoms with Gasteiger partial charge in [0.1, 0.15) is 0 Å². The van der Waals surface area contributed by atoms with Crippen molar-refractivity contribution in [3.63, 3.8) is 0 Å². The van der Waals surface area contributed by atoms with Gasteiger partial charge >= 0.3 is 0 Å². The van der Waals surface area contributed by atoms with Crippen LogP contribution in [0.5, 0.6) is 0 Å². The van der Waals surface area contributed by atoms with Crippen molar-refractivity contribution in [1.29, 1.82) is 0 Å². The summed E-state index contributed by atoms with van der Waals surface area (Å²) < 4.78 is 0. The normalized spacial score (nSPS) is 28.1. The summed E-state index contributed by atoms with van der Waals surface area (Å²) in [5, 5.41) is 3.61. The zero-order chi connectivity index (χ0) is 11.6. The maximum Gasteiger partial charge on any atom is -0.000666 e. The van der Waals surface area contributed by atoms with Crippen LogP contribution in [0.3, 0.4) is 0 Å². The van der Waals surface area contributed by atoms with Crippen LogP contribution in [0.1, 0.15) is 44.1 Å². The smallest absolute Gasteiger partial charge is 0.000666 e. The van der Waals surface area contributed by atoms with Gasteiger partial charge in [0.05, 0.1) is 0 Å². The second kappa shape index (κ2) is 4.81. The Morgan fingerprint density at radius 2 is 1.76 bits per heavy atom. The third kappa shape index (κ3) is 2.01. The largest absolute Gasteiger partial charge is 0.316 e. The summed E-state index contributed by atoms with van der Waals surface area (Å²) in [5.41, 5.74) is 2.10. The Balaban J connectivity index is 1.92. The molecule has 1 aliphatic carbocycles. The van der Waals surface area contributed by atoms with Crippen LogP contribution in [0.25, 0.3) is 0 Å². The van der Waals surface area contributed by atoms with Crippen molar-refractivity contribution in [3.05, 3.63) is 35.9 Å². The average molecular weight is 229 g/mol. The van der Waals surface area contributed by atoms with Crippen LogP contribution in [0.2, 0.25) is 0 Å². The second-order valence-corrected chi connectivity index (χ2v) is 5.77. The number of hydrogen-bond donors (Lipinski definition) is 1. The Kier molecular flexibility index (Phi) is 3.19. The Labute approximate surface area is 105 Å². The highest BCUT2D eigenvalue weighted by atomic mass is 14.9. The fourth-order valence-electron chi connectivity index (χ4n) is 4.03. The summed E-state index contributed by atoms with van der Waals surface area (Å²) in [4.78, 5) is 0. The van der Waals surface area contributed by atoms with E-state index in [2.05, 4.69) is 35.6 Å². The van der Waals surface area contributed by atoms with Crippen LogP contribution in [-0.4, -0.2) is 13.1 Å². The minimum absolute atomic E-state index is 0.495. The quantitative estimate of drug-likeness (QED) is 0.818. The van der Waals surface area contributed by atoms with Gasteiger partial charge in [0.25, 0.3) is 0 Å². The van der Waals surface area contributed by atoms with Crippen LogP contribution in [0.4, 0.5) is 0 Å². The lowest BCUT2D eigenvalue weighted by Gasteiger charge is -2.41. The molecule has 1 unspecified atom stereocenters. The van der Waals surface area contributed by atoms with Gasteiger partial charge in [0.15, 0.2) is 0 Å². The molecule has 1 heteroatoms. The lowest BCUT2D eigenvalue weighted by atomic mass is 9.66. The van der Waals surface area contributed by atoms with Gasteiger partial charge in [0, 0.05) is 0 Å². The molecule has 0 radical (unpaired) electrons. The molecule has 1 saturated heterocycles. The standard InChI is InChI=1S/C16H23N/c1-2-7-14(8-3-1)16(10-4-5-11-16)15-9-6-12-17-13-15/h1-3,7-8,15,17H,4-6,9-13H2. The molecule has 1 aromatic carbocycles. The van der Waals surface area contributed by atoms with Crippen molar-refractivity contribution in [2.75, 3.05) is 13.1 Å².